The first-order valence-corrected chi connectivity index (χ1v) is 14.5. The Bertz CT molecular complexity index is 1330. The molecular weight excluding hydrogens is 488 g/mol. The van der Waals surface area contributed by atoms with E-state index < -0.39 is 0 Å². The van der Waals surface area contributed by atoms with Gasteiger partial charge in [0.1, 0.15) is 0 Å². The van der Waals surface area contributed by atoms with Crippen molar-refractivity contribution in [3.8, 4) is 5.69 Å². The molecule has 3 aromatic carbocycles. The maximum atomic E-state index is 13.1. The van der Waals surface area contributed by atoms with E-state index in [2.05, 4.69) is 102 Å². The van der Waals surface area contributed by atoms with Gasteiger partial charge in [0.2, 0.25) is 0 Å². The Morgan fingerprint density at radius 3 is 2.37 bits per heavy atom. The van der Waals surface area contributed by atoms with Crippen molar-refractivity contribution in [1.82, 2.24) is 20.1 Å². The number of carbonyl (C=O) groups excluding carboxylic acids is 1. The van der Waals surface area contributed by atoms with Crippen LogP contribution in [0.3, 0.4) is 0 Å². The number of aromatic nitrogens is 3. The van der Waals surface area contributed by atoms with Gasteiger partial charge in [0.05, 0.1) is 6.04 Å². The van der Waals surface area contributed by atoms with Crippen LogP contribution in [0.4, 0.5) is 0 Å². The molecule has 198 valence electrons. The molecule has 0 aliphatic rings. The second-order valence-corrected chi connectivity index (χ2v) is 10.9. The van der Waals surface area contributed by atoms with Crippen molar-refractivity contribution in [2.24, 2.45) is 0 Å². The fourth-order valence-corrected chi connectivity index (χ4v) is 5.37. The van der Waals surface area contributed by atoms with Crippen LogP contribution in [0.5, 0.6) is 0 Å². The number of hydrogen-bond acceptors (Lipinski definition) is 4. The maximum absolute atomic E-state index is 13.1. The number of aryl methyl sites for hydroxylation is 3. The number of benzene rings is 3. The van der Waals surface area contributed by atoms with Crippen molar-refractivity contribution in [1.29, 1.82) is 0 Å². The van der Waals surface area contributed by atoms with Crippen LogP contribution in [0.25, 0.3) is 5.69 Å². The molecule has 5 nitrogen and oxygen atoms in total. The average molecular weight is 527 g/mol. The van der Waals surface area contributed by atoms with Crippen LogP contribution >= 0.6 is 11.8 Å². The third-order valence-electron chi connectivity index (χ3n) is 6.67. The average Bonchev–Trinajstić information content (AvgIpc) is 3.35. The van der Waals surface area contributed by atoms with E-state index >= 15 is 0 Å². The molecule has 38 heavy (non-hydrogen) atoms. The molecule has 0 saturated heterocycles. The van der Waals surface area contributed by atoms with Crippen molar-refractivity contribution in [3.05, 3.63) is 106 Å². The highest BCUT2D eigenvalue weighted by molar-refractivity contribution is 7.98. The number of rotatable bonds is 12. The first kappa shape index (κ1) is 27.6. The molecule has 1 heterocycles. The molecule has 0 radical (unpaired) electrons. The zero-order chi connectivity index (χ0) is 26.9. The predicted molar refractivity (Wildman–Crippen MR) is 157 cm³/mol. The van der Waals surface area contributed by atoms with Crippen molar-refractivity contribution < 1.29 is 4.79 Å². The quantitative estimate of drug-likeness (QED) is 0.151. The Labute approximate surface area is 231 Å². The van der Waals surface area contributed by atoms with E-state index in [9.17, 15) is 4.79 Å². The molecule has 1 atom stereocenters. The van der Waals surface area contributed by atoms with Gasteiger partial charge >= 0.3 is 0 Å². The largest absolute Gasteiger partial charge is 0.342 e. The lowest BCUT2D eigenvalue weighted by atomic mass is 10.0. The monoisotopic (exact) mass is 526 g/mol. The fraction of sp³-hybridized carbons (Fsp3) is 0.344. The minimum Gasteiger partial charge on any atom is -0.342 e. The minimum absolute atomic E-state index is 0.109. The van der Waals surface area contributed by atoms with Gasteiger partial charge in [0, 0.05) is 17.0 Å². The summed E-state index contributed by atoms with van der Waals surface area (Å²) in [7, 11) is 0. The Kier molecular flexibility index (Phi) is 9.77. The topological polar surface area (TPSA) is 59.8 Å². The number of unbranched alkanes of at least 4 members (excludes halogenated alkanes) is 3. The normalized spacial score (nSPS) is 11.9. The van der Waals surface area contributed by atoms with E-state index in [0.29, 0.717) is 11.4 Å². The summed E-state index contributed by atoms with van der Waals surface area (Å²) in [5.41, 5.74) is 6.59. The number of amides is 1. The summed E-state index contributed by atoms with van der Waals surface area (Å²) in [6, 6.07) is 24.5. The van der Waals surface area contributed by atoms with Gasteiger partial charge < -0.3 is 5.32 Å². The second kappa shape index (κ2) is 13.4. The van der Waals surface area contributed by atoms with Crippen molar-refractivity contribution >= 4 is 17.7 Å². The summed E-state index contributed by atoms with van der Waals surface area (Å²) in [4.78, 5) is 13.1. The zero-order valence-corrected chi connectivity index (χ0v) is 23.7. The van der Waals surface area contributed by atoms with Gasteiger partial charge in [-0.15, -0.1) is 10.2 Å². The van der Waals surface area contributed by atoms with E-state index in [-0.39, 0.29) is 11.9 Å². The van der Waals surface area contributed by atoms with Gasteiger partial charge in [-0.1, -0.05) is 97.6 Å². The third-order valence-corrected chi connectivity index (χ3v) is 7.67. The lowest BCUT2D eigenvalue weighted by molar-refractivity contribution is 0.0938. The van der Waals surface area contributed by atoms with E-state index in [4.69, 9.17) is 0 Å². The summed E-state index contributed by atoms with van der Waals surface area (Å²) < 4.78 is 2.06. The third kappa shape index (κ3) is 7.35. The van der Waals surface area contributed by atoms with Crippen LogP contribution < -0.4 is 5.32 Å². The van der Waals surface area contributed by atoms with Gasteiger partial charge in [0.15, 0.2) is 11.0 Å². The van der Waals surface area contributed by atoms with E-state index in [1.54, 1.807) is 11.8 Å². The molecule has 0 saturated carbocycles. The number of hydrogen-bond donors (Lipinski definition) is 1. The predicted octanol–water partition coefficient (Wildman–Crippen LogP) is 7.79. The zero-order valence-electron chi connectivity index (χ0n) is 22.9. The number of nitrogens with one attached hydrogen (secondary N) is 1. The first-order chi connectivity index (χ1) is 18.4. The molecule has 4 rings (SSSR count). The van der Waals surface area contributed by atoms with Gasteiger partial charge in [-0.2, -0.15) is 0 Å². The van der Waals surface area contributed by atoms with Crippen LogP contribution in [0.15, 0.2) is 78.0 Å². The maximum Gasteiger partial charge on any atom is 0.251 e. The van der Waals surface area contributed by atoms with Gasteiger partial charge in [-0.05, 0) is 69.0 Å². The lowest BCUT2D eigenvalue weighted by Gasteiger charge is -2.17. The minimum atomic E-state index is -0.321. The standard InChI is InChI=1S/C32H38N4OS/c1-5-6-7-8-11-26-15-17-28(18-16-26)31(37)33-25(4)30-34-35-32(36(30)29-19-13-23(2)14-20-29)38-22-27-12-9-10-24(3)21-27/h9-10,12-21,25H,5-8,11,22H2,1-4H3,(H,33,37). The van der Waals surface area contributed by atoms with Gasteiger partial charge in [-0.25, -0.2) is 0 Å². The molecule has 1 unspecified atom stereocenters. The number of carbonyl (C=O) groups is 1. The van der Waals surface area contributed by atoms with E-state index in [0.717, 1.165) is 23.0 Å². The molecule has 0 spiro atoms. The Morgan fingerprint density at radius 1 is 0.895 bits per heavy atom. The molecule has 4 aromatic rings. The summed E-state index contributed by atoms with van der Waals surface area (Å²) in [5.74, 6) is 1.39. The first-order valence-electron chi connectivity index (χ1n) is 13.5. The van der Waals surface area contributed by atoms with Crippen molar-refractivity contribution in [3.63, 3.8) is 0 Å². The Balaban J connectivity index is 1.50. The van der Waals surface area contributed by atoms with Crippen LogP contribution in [0.1, 0.15) is 84.0 Å². The SMILES string of the molecule is CCCCCCc1ccc(C(=O)NC(C)c2nnc(SCc3cccc(C)c3)n2-c2ccc(C)cc2)cc1. The molecule has 0 aliphatic heterocycles. The van der Waals surface area contributed by atoms with E-state index in [1.165, 1.54) is 47.9 Å². The molecule has 0 fully saturated rings. The smallest absolute Gasteiger partial charge is 0.251 e. The molecule has 1 amide bonds. The van der Waals surface area contributed by atoms with Crippen LogP contribution in [-0.2, 0) is 12.2 Å². The molecule has 6 heteroatoms. The molecular formula is C32H38N4OS. The Hall–Kier alpha value is -3.38. The number of thioether (sulfide) groups is 1. The van der Waals surface area contributed by atoms with Crippen molar-refractivity contribution in [2.45, 2.75) is 76.8 Å². The molecule has 1 N–H and O–H groups in total. The van der Waals surface area contributed by atoms with Gasteiger partial charge in [0.25, 0.3) is 5.91 Å². The van der Waals surface area contributed by atoms with Crippen LogP contribution in [0, 0.1) is 13.8 Å². The molecule has 0 aliphatic carbocycles. The molecule has 1 aromatic heterocycles. The number of nitrogens with zero attached hydrogens (tertiary/aromatic N) is 3. The second-order valence-electron chi connectivity index (χ2n) is 9.99. The van der Waals surface area contributed by atoms with Gasteiger partial charge in [-0.3, -0.25) is 9.36 Å². The van der Waals surface area contributed by atoms with E-state index in [1.807, 2.05) is 19.1 Å². The summed E-state index contributed by atoms with van der Waals surface area (Å²) in [5, 5.41) is 13.0. The highest BCUT2D eigenvalue weighted by Gasteiger charge is 2.21. The lowest BCUT2D eigenvalue weighted by Crippen LogP contribution is -2.28. The summed E-state index contributed by atoms with van der Waals surface area (Å²) in [6.07, 6.45) is 6.01. The molecule has 0 bridgehead atoms. The van der Waals surface area contributed by atoms with Crippen LogP contribution in [0.2, 0.25) is 0 Å². The highest BCUT2D eigenvalue weighted by Crippen LogP contribution is 2.28. The highest BCUT2D eigenvalue weighted by atomic mass is 32.2. The van der Waals surface area contributed by atoms with Crippen molar-refractivity contribution in [2.75, 3.05) is 0 Å². The van der Waals surface area contributed by atoms with Crippen LogP contribution in [-0.4, -0.2) is 20.7 Å². The Morgan fingerprint density at radius 2 is 1.66 bits per heavy atom. The summed E-state index contributed by atoms with van der Waals surface area (Å²) in [6.45, 7) is 8.36. The summed E-state index contributed by atoms with van der Waals surface area (Å²) >= 11 is 1.65. The fourth-order valence-electron chi connectivity index (χ4n) is 4.46.